The summed E-state index contributed by atoms with van der Waals surface area (Å²) >= 11 is 0. The summed E-state index contributed by atoms with van der Waals surface area (Å²) in [5, 5.41) is 14.1. The van der Waals surface area contributed by atoms with Crippen molar-refractivity contribution in [3.05, 3.63) is 71.3 Å². The SMILES string of the molecule is O=C1CCC(N2Cc3ccc(-n4cc(C(=O)NCc5cc6cccnc6[nH]5)nn4)cc3C2=O)C(=O)N1. The molecule has 0 spiro atoms. The van der Waals surface area contributed by atoms with Gasteiger partial charge in [-0.1, -0.05) is 11.3 Å². The van der Waals surface area contributed by atoms with Gasteiger partial charge in [0.25, 0.3) is 11.8 Å². The molecule has 1 fully saturated rings. The van der Waals surface area contributed by atoms with Crippen LogP contribution in [0.25, 0.3) is 16.7 Å². The van der Waals surface area contributed by atoms with Crippen molar-refractivity contribution in [2.24, 2.45) is 0 Å². The Morgan fingerprint density at radius 1 is 1.17 bits per heavy atom. The molecule has 0 saturated carbocycles. The van der Waals surface area contributed by atoms with Crippen LogP contribution in [0.15, 0.2) is 48.8 Å². The number of rotatable bonds is 5. The molecule has 2 aliphatic heterocycles. The molecule has 2 aliphatic rings. The molecule has 4 aromatic rings. The van der Waals surface area contributed by atoms with E-state index in [1.807, 2.05) is 18.2 Å². The Morgan fingerprint density at radius 2 is 2.06 bits per heavy atom. The van der Waals surface area contributed by atoms with Gasteiger partial charge in [0.2, 0.25) is 11.8 Å². The zero-order chi connectivity index (χ0) is 24.8. The van der Waals surface area contributed by atoms with Crippen LogP contribution in [0.5, 0.6) is 0 Å². The van der Waals surface area contributed by atoms with Gasteiger partial charge in [0.1, 0.15) is 11.7 Å². The Hall–Kier alpha value is -4.87. The molecule has 6 rings (SSSR count). The number of piperidine rings is 1. The zero-order valence-corrected chi connectivity index (χ0v) is 18.9. The highest BCUT2D eigenvalue weighted by atomic mass is 16.2. The quantitative estimate of drug-likeness (QED) is 0.355. The number of aromatic amines is 1. The van der Waals surface area contributed by atoms with Crippen molar-refractivity contribution in [1.29, 1.82) is 0 Å². The molecule has 0 bridgehead atoms. The molecule has 1 saturated heterocycles. The summed E-state index contributed by atoms with van der Waals surface area (Å²) in [6.45, 7) is 0.556. The van der Waals surface area contributed by atoms with Gasteiger partial charge in [-0.05, 0) is 42.3 Å². The molecule has 3 N–H and O–H groups in total. The van der Waals surface area contributed by atoms with Crippen LogP contribution in [0.3, 0.4) is 0 Å². The van der Waals surface area contributed by atoms with E-state index in [4.69, 9.17) is 0 Å². The van der Waals surface area contributed by atoms with Crippen molar-refractivity contribution in [2.75, 3.05) is 0 Å². The molecule has 12 nitrogen and oxygen atoms in total. The average Bonchev–Trinajstić information content (AvgIpc) is 3.60. The standard InChI is InChI=1S/C24H20N8O4/c33-20-6-5-19(23(35)28-20)31-11-14-3-4-16(9-17(14)24(31)36)32-12-18(29-30-32)22(34)26-10-15-8-13-2-1-7-25-21(13)27-15/h1-4,7-9,12,19H,5-6,10-11H2,(H,25,27)(H,26,34)(H,28,33,35). The van der Waals surface area contributed by atoms with E-state index < -0.39 is 17.9 Å². The minimum atomic E-state index is -0.680. The number of aromatic nitrogens is 5. The third-order valence-electron chi connectivity index (χ3n) is 6.39. The van der Waals surface area contributed by atoms with Crippen LogP contribution in [0.1, 0.15) is 44.9 Å². The van der Waals surface area contributed by atoms with Gasteiger partial charge in [-0.25, -0.2) is 9.67 Å². The lowest BCUT2D eigenvalue weighted by Crippen LogP contribution is -2.52. The van der Waals surface area contributed by atoms with E-state index in [2.05, 4.69) is 30.9 Å². The summed E-state index contributed by atoms with van der Waals surface area (Å²) in [5.74, 6) is -1.46. The molecule has 180 valence electrons. The first kappa shape index (κ1) is 21.6. The van der Waals surface area contributed by atoms with Gasteiger partial charge in [-0.3, -0.25) is 24.5 Å². The van der Waals surface area contributed by atoms with Crippen molar-refractivity contribution in [3.8, 4) is 5.69 Å². The van der Waals surface area contributed by atoms with E-state index in [0.29, 0.717) is 17.7 Å². The van der Waals surface area contributed by atoms with Gasteiger partial charge < -0.3 is 15.2 Å². The highest BCUT2D eigenvalue weighted by Crippen LogP contribution is 2.29. The average molecular weight is 484 g/mol. The molecule has 1 aromatic carbocycles. The number of hydrogen-bond donors (Lipinski definition) is 3. The second kappa shape index (κ2) is 8.41. The van der Waals surface area contributed by atoms with E-state index >= 15 is 0 Å². The smallest absolute Gasteiger partial charge is 0.273 e. The molecule has 0 radical (unpaired) electrons. The first-order valence-electron chi connectivity index (χ1n) is 11.4. The first-order valence-corrected chi connectivity index (χ1v) is 11.4. The molecule has 3 aromatic heterocycles. The van der Waals surface area contributed by atoms with Gasteiger partial charge in [-0.15, -0.1) is 5.10 Å². The molecular formula is C24H20N8O4. The second-order valence-electron chi connectivity index (χ2n) is 8.71. The number of imide groups is 1. The number of pyridine rings is 1. The number of nitrogens with one attached hydrogen (secondary N) is 3. The fourth-order valence-corrected chi connectivity index (χ4v) is 4.56. The number of nitrogens with zero attached hydrogens (tertiary/aromatic N) is 5. The first-order chi connectivity index (χ1) is 17.5. The summed E-state index contributed by atoms with van der Waals surface area (Å²) in [4.78, 5) is 58.2. The normalized spacial score (nSPS) is 17.4. The van der Waals surface area contributed by atoms with Crippen LogP contribution < -0.4 is 10.6 Å². The lowest BCUT2D eigenvalue weighted by molar-refractivity contribution is -0.136. The maximum Gasteiger partial charge on any atom is 0.273 e. The summed E-state index contributed by atoms with van der Waals surface area (Å²) < 4.78 is 1.42. The maximum atomic E-state index is 13.0. The van der Waals surface area contributed by atoms with E-state index in [-0.39, 0.29) is 37.0 Å². The largest absolute Gasteiger partial charge is 0.345 e. The Morgan fingerprint density at radius 3 is 2.89 bits per heavy atom. The minimum Gasteiger partial charge on any atom is -0.345 e. The van der Waals surface area contributed by atoms with Crippen LogP contribution in [0.2, 0.25) is 0 Å². The molecule has 0 aliphatic carbocycles. The van der Waals surface area contributed by atoms with Crippen molar-refractivity contribution >= 4 is 34.7 Å². The number of carbonyl (C=O) groups is 4. The van der Waals surface area contributed by atoms with Crippen LogP contribution >= 0.6 is 0 Å². The Kier molecular flexibility index (Phi) is 5.06. The van der Waals surface area contributed by atoms with Crippen LogP contribution in [-0.2, 0) is 22.7 Å². The fraction of sp³-hybridized carbons (Fsp3) is 0.208. The lowest BCUT2D eigenvalue weighted by atomic mass is 10.0. The molecule has 5 heterocycles. The summed E-state index contributed by atoms with van der Waals surface area (Å²) in [7, 11) is 0. The topological polar surface area (TPSA) is 155 Å². The van der Waals surface area contributed by atoms with Gasteiger partial charge >= 0.3 is 0 Å². The van der Waals surface area contributed by atoms with E-state index in [0.717, 1.165) is 22.3 Å². The number of H-pyrrole nitrogens is 1. The Balaban J connectivity index is 1.15. The van der Waals surface area contributed by atoms with E-state index in [1.54, 1.807) is 24.4 Å². The fourth-order valence-electron chi connectivity index (χ4n) is 4.56. The number of hydrogen-bond acceptors (Lipinski definition) is 7. The number of amides is 4. The third kappa shape index (κ3) is 3.78. The van der Waals surface area contributed by atoms with Gasteiger partial charge in [0, 0.05) is 35.8 Å². The molecule has 1 unspecified atom stereocenters. The van der Waals surface area contributed by atoms with Crippen molar-refractivity contribution < 1.29 is 19.2 Å². The highest BCUT2D eigenvalue weighted by Gasteiger charge is 2.39. The predicted molar refractivity (Wildman–Crippen MR) is 125 cm³/mol. The Bertz CT molecular complexity index is 1520. The summed E-state index contributed by atoms with van der Waals surface area (Å²) in [6.07, 6.45) is 3.68. The van der Waals surface area contributed by atoms with Gasteiger partial charge in [0.05, 0.1) is 18.4 Å². The number of carbonyl (C=O) groups excluding carboxylic acids is 4. The lowest BCUT2D eigenvalue weighted by Gasteiger charge is -2.29. The van der Waals surface area contributed by atoms with Gasteiger partial charge in [0.15, 0.2) is 5.69 Å². The predicted octanol–water partition coefficient (Wildman–Crippen LogP) is 0.835. The molecule has 12 heteroatoms. The van der Waals surface area contributed by atoms with E-state index in [9.17, 15) is 19.2 Å². The molecule has 1 atom stereocenters. The number of benzene rings is 1. The van der Waals surface area contributed by atoms with Crippen LogP contribution in [0.4, 0.5) is 0 Å². The van der Waals surface area contributed by atoms with Crippen LogP contribution in [-0.4, -0.2) is 59.5 Å². The monoisotopic (exact) mass is 484 g/mol. The van der Waals surface area contributed by atoms with E-state index in [1.165, 1.54) is 15.8 Å². The third-order valence-corrected chi connectivity index (χ3v) is 6.39. The second-order valence-corrected chi connectivity index (χ2v) is 8.71. The summed E-state index contributed by atoms with van der Waals surface area (Å²) in [6, 6.07) is 10.2. The van der Waals surface area contributed by atoms with Crippen molar-refractivity contribution in [3.63, 3.8) is 0 Å². The maximum absolute atomic E-state index is 13.0. The molecular weight excluding hydrogens is 464 g/mol. The van der Waals surface area contributed by atoms with Crippen molar-refractivity contribution in [1.82, 2.24) is 40.5 Å². The highest BCUT2D eigenvalue weighted by molar-refractivity contribution is 6.05. The molecule has 36 heavy (non-hydrogen) atoms. The minimum absolute atomic E-state index is 0.126. The van der Waals surface area contributed by atoms with Crippen LogP contribution in [0, 0.1) is 0 Å². The van der Waals surface area contributed by atoms with Crippen molar-refractivity contribution in [2.45, 2.75) is 32.0 Å². The number of fused-ring (bicyclic) bond motifs is 2. The Labute approximate surface area is 203 Å². The summed E-state index contributed by atoms with van der Waals surface area (Å²) in [5.41, 5.74) is 3.46. The van der Waals surface area contributed by atoms with Gasteiger partial charge in [-0.2, -0.15) is 0 Å². The molecule has 4 amide bonds. The zero-order valence-electron chi connectivity index (χ0n) is 18.9.